The Morgan fingerprint density at radius 3 is 2.52 bits per heavy atom. The summed E-state index contributed by atoms with van der Waals surface area (Å²) in [6, 6.07) is 4.13. The lowest BCUT2D eigenvalue weighted by Crippen LogP contribution is -2.40. The van der Waals surface area contributed by atoms with Crippen molar-refractivity contribution in [3.8, 4) is 11.5 Å². The van der Waals surface area contributed by atoms with Crippen LogP contribution in [0, 0.1) is 4.77 Å². The predicted octanol–water partition coefficient (Wildman–Crippen LogP) is 3.73. The van der Waals surface area contributed by atoms with Crippen molar-refractivity contribution in [1.82, 2.24) is 14.5 Å². The zero-order valence-corrected chi connectivity index (χ0v) is 17.2. The molecule has 3 rings (SSSR count). The van der Waals surface area contributed by atoms with Gasteiger partial charge in [-0.2, -0.15) is 0 Å². The smallest absolute Gasteiger partial charge is 0.262 e. The number of aromatic nitrogens is 2. The van der Waals surface area contributed by atoms with Crippen molar-refractivity contribution in [2.75, 3.05) is 26.3 Å². The molecule has 1 N–H and O–H groups in total. The molecule has 2 heterocycles. The van der Waals surface area contributed by atoms with Crippen molar-refractivity contribution in [3.05, 3.63) is 27.3 Å². The van der Waals surface area contributed by atoms with Crippen LogP contribution in [0.15, 0.2) is 16.9 Å². The molecule has 6 nitrogen and oxygen atoms in total. The molecule has 0 spiro atoms. The van der Waals surface area contributed by atoms with E-state index < -0.39 is 0 Å². The van der Waals surface area contributed by atoms with E-state index >= 15 is 0 Å². The van der Waals surface area contributed by atoms with E-state index in [-0.39, 0.29) is 5.56 Å². The Balaban J connectivity index is 1.95. The maximum absolute atomic E-state index is 13.1. The Morgan fingerprint density at radius 2 is 1.85 bits per heavy atom. The summed E-state index contributed by atoms with van der Waals surface area (Å²) in [5.74, 6) is 1.21. The first-order valence-corrected chi connectivity index (χ1v) is 10.3. The van der Waals surface area contributed by atoms with Gasteiger partial charge in [0.25, 0.3) is 5.56 Å². The number of ether oxygens (including phenoxy) is 2. The fraction of sp³-hybridized carbons (Fsp3) is 0.600. The van der Waals surface area contributed by atoms with Crippen LogP contribution in [0.1, 0.15) is 40.0 Å². The van der Waals surface area contributed by atoms with Crippen molar-refractivity contribution in [3.63, 3.8) is 0 Å². The SMILES string of the molecule is CCOc1cc2[nH]c(=S)n(CCN3CCCC[C@@H]3C)c(=O)c2cc1OCC. The first kappa shape index (κ1) is 19.9. The van der Waals surface area contributed by atoms with E-state index in [0.29, 0.717) is 53.0 Å². The maximum Gasteiger partial charge on any atom is 0.262 e. The first-order chi connectivity index (χ1) is 13.0. The van der Waals surface area contributed by atoms with Crippen molar-refractivity contribution in [1.29, 1.82) is 0 Å². The van der Waals surface area contributed by atoms with Crippen molar-refractivity contribution in [2.45, 2.75) is 52.6 Å². The van der Waals surface area contributed by atoms with Crippen LogP contribution in [-0.4, -0.2) is 46.8 Å². The molecule has 0 unspecified atom stereocenters. The van der Waals surface area contributed by atoms with Gasteiger partial charge < -0.3 is 14.5 Å². The van der Waals surface area contributed by atoms with E-state index in [9.17, 15) is 4.79 Å². The Labute approximate surface area is 165 Å². The third kappa shape index (κ3) is 4.35. The summed E-state index contributed by atoms with van der Waals surface area (Å²) in [7, 11) is 0. The highest BCUT2D eigenvalue weighted by Crippen LogP contribution is 2.30. The van der Waals surface area contributed by atoms with E-state index in [1.807, 2.05) is 13.8 Å². The van der Waals surface area contributed by atoms with Crippen LogP contribution in [0.2, 0.25) is 0 Å². The highest BCUT2D eigenvalue weighted by molar-refractivity contribution is 7.71. The van der Waals surface area contributed by atoms with Crippen LogP contribution in [-0.2, 0) is 6.54 Å². The minimum absolute atomic E-state index is 0.0811. The molecule has 148 valence electrons. The fourth-order valence-electron chi connectivity index (χ4n) is 3.72. The van der Waals surface area contributed by atoms with E-state index in [0.717, 1.165) is 13.1 Å². The number of hydrogen-bond acceptors (Lipinski definition) is 5. The number of benzene rings is 1. The summed E-state index contributed by atoms with van der Waals surface area (Å²) in [5.41, 5.74) is 0.599. The number of likely N-dealkylation sites (tertiary alicyclic amines) is 1. The molecule has 27 heavy (non-hydrogen) atoms. The number of H-pyrrole nitrogens is 1. The summed E-state index contributed by atoms with van der Waals surface area (Å²) >= 11 is 5.47. The molecule has 7 heteroatoms. The molecular weight excluding hydrogens is 362 g/mol. The lowest BCUT2D eigenvalue weighted by Gasteiger charge is -2.33. The highest BCUT2D eigenvalue weighted by Gasteiger charge is 2.18. The van der Waals surface area contributed by atoms with Gasteiger partial charge in [-0.05, 0) is 58.4 Å². The molecule has 1 aliphatic rings. The summed E-state index contributed by atoms with van der Waals surface area (Å²) in [6.45, 7) is 9.63. The van der Waals surface area contributed by atoms with Gasteiger partial charge in [0.15, 0.2) is 16.3 Å². The van der Waals surface area contributed by atoms with Gasteiger partial charge in [-0.1, -0.05) is 6.42 Å². The van der Waals surface area contributed by atoms with Gasteiger partial charge in [-0.15, -0.1) is 0 Å². The molecule has 2 aromatic rings. The maximum atomic E-state index is 13.1. The fourth-order valence-corrected chi connectivity index (χ4v) is 4.00. The quantitative estimate of drug-likeness (QED) is 0.729. The number of hydrogen-bond donors (Lipinski definition) is 1. The van der Waals surface area contributed by atoms with E-state index in [1.54, 1.807) is 16.7 Å². The standard InChI is InChI=1S/C20H29N3O3S/c1-4-25-17-12-15-16(13-18(17)26-5-2)21-20(27)23(19(15)24)11-10-22-9-7-6-8-14(22)3/h12-14H,4-11H2,1-3H3,(H,21,27)/t14-/m0/s1. The number of fused-ring (bicyclic) bond motifs is 1. The molecule has 1 aliphatic heterocycles. The second kappa shape index (κ2) is 8.89. The largest absolute Gasteiger partial charge is 0.490 e. The van der Waals surface area contributed by atoms with Crippen molar-refractivity contribution < 1.29 is 9.47 Å². The predicted molar refractivity (Wildman–Crippen MR) is 111 cm³/mol. The molecule has 1 atom stereocenters. The number of nitrogens with zero attached hydrogens (tertiary/aromatic N) is 2. The summed E-state index contributed by atoms with van der Waals surface area (Å²) in [6.07, 6.45) is 3.73. The average molecular weight is 392 g/mol. The molecule has 1 saturated heterocycles. The number of aromatic amines is 1. The second-order valence-corrected chi connectivity index (χ2v) is 7.36. The molecule has 0 saturated carbocycles. The van der Waals surface area contributed by atoms with Crippen LogP contribution >= 0.6 is 12.2 Å². The third-order valence-electron chi connectivity index (χ3n) is 5.20. The summed E-state index contributed by atoms with van der Waals surface area (Å²) < 4.78 is 13.4. The zero-order chi connectivity index (χ0) is 19.4. The number of rotatable bonds is 7. The van der Waals surface area contributed by atoms with Gasteiger partial charge >= 0.3 is 0 Å². The van der Waals surface area contributed by atoms with Gasteiger partial charge in [0.2, 0.25) is 0 Å². The van der Waals surface area contributed by atoms with Gasteiger partial charge in [-0.25, -0.2) is 0 Å². The molecule has 0 amide bonds. The number of piperidine rings is 1. The molecule has 0 bridgehead atoms. The second-order valence-electron chi connectivity index (χ2n) is 6.98. The monoisotopic (exact) mass is 391 g/mol. The van der Waals surface area contributed by atoms with E-state index in [1.165, 1.54) is 19.3 Å². The first-order valence-electron chi connectivity index (χ1n) is 9.85. The van der Waals surface area contributed by atoms with E-state index in [2.05, 4.69) is 16.8 Å². The molecule has 0 aliphatic carbocycles. The minimum atomic E-state index is -0.0811. The Morgan fingerprint density at radius 1 is 1.15 bits per heavy atom. The van der Waals surface area contributed by atoms with Crippen LogP contribution in [0.25, 0.3) is 10.9 Å². The highest BCUT2D eigenvalue weighted by atomic mass is 32.1. The van der Waals surface area contributed by atoms with Gasteiger partial charge in [0, 0.05) is 25.2 Å². The Hall–Kier alpha value is -1.86. The Kier molecular flexibility index (Phi) is 6.55. The van der Waals surface area contributed by atoms with Crippen molar-refractivity contribution in [2.24, 2.45) is 0 Å². The lowest BCUT2D eigenvalue weighted by molar-refractivity contribution is 0.154. The van der Waals surface area contributed by atoms with Gasteiger partial charge in [-0.3, -0.25) is 14.3 Å². The molecule has 0 radical (unpaired) electrons. The minimum Gasteiger partial charge on any atom is -0.490 e. The van der Waals surface area contributed by atoms with Gasteiger partial charge in [0.05, 0.1) is 24.1 Å². The van der Waals surface area contributed by atoms with Crippen LogP contribution in [0.4, 0.5) is 0 Å². The van der Waals surface area contributed by atoms with Crippen LogP contribution in [0.5, 0.6) is 11.5 Å². The summed E-state index contributed by atoms with van der Waals surface area (Å²) in [4.78, 5) is 18.7. The topological polar surface area (TPSA) is 59.5 Å². The lowest BCUT2D eigenvalue weighted by atomic mass is 10.0. The zero-order valence-electron chi connectivity index (χ0n) is 16.4. The Bertz CT molecular complexity index is 906. The number of nitrogens with one attached hydrogen (secondary N) is 1. The van der Waals surface area contributed by atoms with E-state index in [4.69, 9.17) is 21.7 Å². The van der Waals surface area contributed by atoms with Crippen LogP contribution < -0.4 is 15.0 Å². The molecule has 1 fully saturated rings. The summed E-state index contributed by atoms with van der Waals surface area (Å²) in [5, 5.41) is 0.571. The van der Waals surface area contributed by atoms with Crippen molar-refractivity contribution >= 4 is 23.1 Å². The van der Waals surface area contributed by atoms with Crippen LogP contribution in [0.3, 0.4) is 0 Å². The average Bonchev–Trinajstić information content (AvgIpc) is 2.64. The molecule has 1 aromatic carbocycles. The molecular formula is C20H29N3O3S. The normalized spacial score (nSPS) is 18.0. The molecule has 1 aromatic heterocycles. The van der Waals surface area contributed by atoms with Gasteiger partial charge in [0.1, 0.15) is 0 Å². The third-order valence-corrected chi connectivity index (χ3v) is 5.52.